The van der Waals surface area contributed by atoms with Crippen molar-refractivity contribution in [3.8, 4) is 5.82 Å². The molecule has 3 heterocycles. The number of halogens is 4. The first-order valence-corrected chi connectivity index (χ1v) is 9.86. The Morgan fingerprint density at radius 2 is 1.97 bits per heavy atom. The van der Waals surface area contributed by atoms with Crippen molar-refractivity contribution in [3.05, 3.63) is 80.5 Å². The summed E-state index contributed by atoms with van der Waals surface area (Å²) in [7, 11) is 0. The number of hydrogen-bond acceptors (Lipinski definition) is 5. The number of aromatic nitrogens is 4. The van der Waals surface area contributed by atoms with E-state index >= 15 is 0 Å². The van der Waals surface area contributed by atoms with E-state index in [2.05, 4.69) is 20.5 Å². The minimum atomic E-state index is -1.07. The minimum absolute atomic E-state index is 0.0349. The molecule has 0 amide bonds. The van der Waals surface area contributed by atoms with E-state index in [1.54, 1.807) is 6.07 Å². The molecule has 2 N–H and O–H groups in total. The van der Waals surface area contributed by atoms with Gasteiger partial charge in [-0.2, -0.15) is 5.10 Å². The average molecular weight is 464 g/mol. The summed E-state index contributed by atoms with van der Waals surface area (Å²) in [6.45, 7) is 0.157. The zero-order valence-corrected chi connectivity index (χ0v) is 17.1. The SMILES string of the molecule is O=c1c2cc(NC3(c4c(F)ccc(Cl)c4Cl)COC3)cc(F)c2ncn1-c1ccn[nH]1. The normalized spacial score (nSPS) is 15.1. The van der Waals surface area contributed by atoms with Crippen molar-refractivity contribution in [2.75, 3.05) is 18.5 Å². The molecular weight excluding hydrogens is 451 g/mol. The molecule has 2 aromatic carbocycles. The van der Waals surface area contributed by atoms with E-state index in [1.165, 1.54) is 41.4 Å². The molecule has 2 aromatic heterocycles. The van der Waals surface area contributed by atoms with Gasteiger partial charge < -0.3 is 10.1 Å². The van der Waals surface area contributed by atoms with Crippen LogP contribution in [0.4, 0.5) is 14.5 Å². The highest BCUT2D eigenvalue weighted by Crippen LogP contribution is 2.42. The van der Waals surface area contributed by atoms with Crippen LogP contribution in [0.15, 0.2) is 47.7 Å². The minimum Gasteiger partial charge on any atom is -0.376 e. The number of hydrogen-bond donors (Lipinski definition) is 2. The first kappa shape index (κ1) is 19.9. The van der Waals surface area contributed by atoms with Gasteiger partial charge in [0.1, 0.15) is 29.0 Å². The molecule has 158 valence electrons. The monoisotopic (exact) mass is 463 g/mol. The summed E-state index contributed by atoms with van der Waals surface area (Å²) in [6, 6.07) is 6.79. The van der Waals surface area contributed by atoms with Gasteiger partial charge in [-0.3, -0.25) is 14.5 Å². The Hall–Kier alpha value is -3.01. The number of benzene rings is 2. The van der Waals surface area contributed by atoms with Crippen LogP contribution >= 0.6 is 23.2 Å². The molecule has 0 atom stereocenters. The molecule has 0 spiro atoms. The lowest BCUT2D eigenvalue weighted by atomic mass is 9.87. The number of H-pyrrole nitrogens is 1. The molecule has 0 aliphatic carbocycles. The number of rotatable bonds is 4. The van der Waals surface area contributed by atoms with Gasteiger partial charge in [0.15, 0.2) is 5.82 Å². The van der Waals surface area contributed by atoms with Gasteiger partial charge in [0.05, 0.1) is 34.8 Å². The molecule has 0 radical (unpaired) electrons. The Balaban J connectivity index is 1.63. The number of anilines is 1. The molecule has 7 nitrogen and oxygen atoms in total. The first-order chi connectivity index (χ1) is 14.9. The second-order valence-corrected chi connectivity index (χ2v) is 7.92. The largest absolute Gasteiger partial charge is 0.376 e. The smallest absolute Gasteiger partial charge is 0.267 e. The summed E-state index contributed by atoms with van der Waals surface area (Å²) in [5, 5.41) is 9.82. The summed E-state index contributed by atoms with van der Waals surface area (Å²) in [4.78, 5) is 17.0. The van der Waals surface area contributed by atoms with Crippen LogP contribution in [0.3, 0.4) is 0 Å². The summed E-state index contributed by atoms with van der Waals surface area (Å²) < 4.78 is 36.0. The molecule has 5 rings (SSSR count). The number of aromatic amines is 1. The molecule has 11 heteroatoms. The van der Waals surface area contributed by atoms with Crippen molar-refractivity contribution in [3.63, 3.8) is 0 Å². The topological polar surface area (TPSA) is 84.8 Å². The van der Waals surface area contributed by atoms with Crippen LogP contribution < -0.4 is 10.9 Å². The van der Waals surface area contributed by atoms with Crippen LogP contribution in [0.25, 0.3) is 16.7 Å². The van der Waals surface area contributed by atoms with Crippen molar-refractivity contribution in [1.82, 2.24) is 19.7 Å². The van der Waals surface area contributed by atoms with E-state index in [9.17, 15) is 13.6 Å². The maximum absolute atomic E-state index is 14.8. The predicted octanol–water partition coefficient (Wildman–Crippen LogP) is 4.03. The number of nitrogens with zero attached hydrogens (tertiary/aromatic N) is 3. The lowest BCUT2D eigenvalue weighted by Crippen LogP contribution is -2.53. The summed E-state index contributed by atoms with van der Waals surface area (Å²) in [6.07, 6.45) is 2.70. The van der Waals surface area contributed by atoms with Gasteiger partial charge in [-0.15, -0.1) is 0 Å². The van der Waals surface area contributed by atoms with Gasteiger partial charge in [0, 0.05) is 17.3 Å². The van der Waals surface area contributed by atoms with E-state index in [1.807, 2.05) is 0 Å². The van der Waals surface area contributed by atoms with Crippen LogP contribution in [-0.2, 0) is 10.3 Å². The Bertz CT molecular complexity index is 1370. The molecule has 1 saturated heterocycles. The number of ether oxygens (including phenoxy) is 1. The van der Waals surface area contributed by atoms with E-state index in [0.717, 1.165) is 0 Å². The third-order valence-electron chi connectivity index (χ3n) is 5.16. The highest BCUT2D eigenvalue weighted by Gasteiger charge is 2.44. The Kier molecular flexibility index (Phi) is 4.69. The highest BCUT2D eigenvalue weighted by molar-refractivity contribution is 6.42. The lowest BCUT2D eigenvalue weighted by Gasteiger charge is -2.43. The Labute approximate surface area is 183 Å². The van der Waals surface area contributed by atoms with E-state index in [0.29, 0.717) is 5.82 Å². The molecule has 4 aromatic rings. The quantitative estimate of drug-likeness (QED) is 0.446. The standard InChI is InChI=1S/C20H13Cl2F2N5O2/c21-12-1-2-13(23)16(17(12)22)20(7-31-8-20)27-10-5-11-18(14(24)6-10)25-9-29(19(11)30)15-3-4-26-28-15/h1-6,9,27H,7-8H2,(H,26,28). The van der Waals surface area contributed by atoms with Crippen LogP contribution in [0, 0.1) is 11.6 Å². The summed E-state index contributed by atoms with van der Waals surface area (Å²) in [5.74, 6) is -0.897. The molecule has 0 unspecified atom stereocenters. The number of fused-ring (bicyclic) bond motifs is 1. The van der Waals surface area contributed by atoms with Gasteiger partial charge >= 0.3 is 0 Å². The molecule has 1 aliphatic heterocycles. The van der Waals surface area contributed by atoms with Crippen molar-refractivity contribution in [2.45, 2.75) is 5.54 Å². The fourth-order valence-corrected chi connectivity index (χ4v) is 4.14. The van der Waals surface area contributed by atoms with Crippen LogP contribution in [0.1, 0.15) is 5.56 Å². The summed E-state index contributed by atoms with van der Waals surface area (Å²) >= 11 is 12.4. The first-order valence-electron chi connectivity index (χ1n) is 9.10. The Morgan fingerprint density at radius 3 is 2.65 bits per heavy atom. The molecule has 31 heavy (non-hydrogen) atoms. The molecule has 0 bridgehead atoms. The number of nitrogens with one attached hydrogen (secondary N) is 2. The maximum Gasteiger partial charge on any atom is 0.267 e. The lowest BCUT2D eigenvalue weighted by molar-refractivity contribution is -0.0462. The van der Waals surface area contributed by atoms with E-state index in [4.69, 9.17) is 27.9 Å². The predicted molar refractivity (Wildman–Crippen MR) is 112 cm³/mol. The van der Waals surface area contributed by atoms with Crippen LogP contribution in [-0.4, -0.2) is 33.0 Å². The van der Waals surface area contributed by atoms with E-state index in [-0.39, 0.29) is 45.4 Å². The van der Waals surface area contributed by atoms with Gasteiger partial charge in [-0.25, -0.2) is 13.8 Å². The highest BCUT2D eigenvalue weighted by atomic mass is 35.5. The second kappa shape index (κ2) is 7.30. The molecule has 1 fully saturated rings. The third kappa shape index (κ3) is 3.16. The zero-order chi connectivity index (χ0) is 21.8. The van der Waals surface area contributed by atoms with Crippen molar-refractivity contribution in [1.29, 1.82) is 0 Å². The van der Waals surface area contributed by atoms with Crippen molar-refractivity contribution >= 4 is 39.8 Å². The zero-order valence-electron chi connectivity index (χ0n) is 15.6. The molecule has 1 aliphatic rings. The fraction of sp³-hybridized carbons (Fsp3) is 0.150. The van der Waals surface area contributed by atoms with Crippen molar-refractivity contribution in [2.24, 2.45) is 0 Å². The molecular formula is C20H13Cl2F2N5O2. The van der Waals surface area contributed by atoms with Gasteiger partial charge in [0.2, 0.25) is 0 Å². The van der Waals surface area contributed by atoms with Gasteiger partial charge in [0.25, 0.3) is 5.56 Å². The van der Waals surface area contributed by atoms with Crippen LogP contribution in [0.5, 0.6) is 0 Å². The fourth-order valence-electron chi connectivity index (χ4n) is 3.64. The summed E-state index contributed by atoms with van der Waals surface area (Å²) in [5.41, 5.74) is -1.30. The van der Waals surface area contributed by atoms with Gasteiger partial charge in [-0.1, -0.05) is 23.2 Å². The molecule has 0 saturated carbocycles. The van der Waals surface area contributed by atoms with Gasteiger partial charge in [-0.05, 0) is 24.3 Å². The van der Waals surface area contributed by atoms with Crippen molar-refractivity contribution < 1.29 is 13.5 Å². The second-order valence-electron chi connectivity index (χ2n) is 7.13. The maximum atomic E-state index is 14.8. The average Bonchev–Trinajstić information content (AvgIpc) is 3.24. The van der Waals surface area contributed by atoms with Crippen LogP contribution in [0.2, 0.25) is 10.0 Å². The van der Waals surface area contributed by atoms with E-state index < -0.39 is 22.7 Å². The Morgan fingerprint density at radius 1 is 1.16 bits per heavy atom. The third-order valence-corrected chi connectivity index (χ3v) is 5.97.